The van der Waals surface area contributed by atoms with Gasteiger partial charge < -0.3 is 19.3 Å². The number of pyridine rings is 1. The molecule has 8 nitrogen and oxygen atoms in total. The first-order valence-corrected chi connectivity index (χ1v) is 7.71. The summed E-state index contributed by atoms with van der Waals surface area (Å²) in [6.07, 6.45) is 2.34. The number of hydrogen-bond acceptors (Lipinski definition) is 7. The Bertz CT molecular complexity index is 895. The van der Waals surface area contributed by atoms with Crippen LogP contribution in [0.15, 0.2) is 47.1 Å². The quantitative estimate of drug-likeness (QED) is 0.757. The second kappa shape index (κ2) is 6.60. The first-order chi connectivity index (χ1) is 12.3. The monoisotopic (exact) mass is 338 g/mol. The van der Waals surface area contributed by atoms with Gasteiger partial charge in [-0.3, -0.25) is 9.78 Å². The van der Waals surface area contributed by atoms with Gasteiger partial charge in [-0.1, -0.05) is 11.2 Å². The Hall–Kier alpha value is -3.42. The van der Waals surface area contributed by atoms with Crippen molar-refractivity contribution >= 4 is 5.91 Å². The zero-order valence-electron chi connectivity index (χ0n) is 13.1. The summed E-state index contributed by atoms with van der Waals surface area (Å²) < 4.78 is 15.6. The molecule has 0 bridgehead atoms. The van der Waals surface area contributed by atoms with Crippen molar-refractivity contribution in [2.45, 2.75) is 6.42 Å². The molecule has 25 heavy (non-hydrogen) atoms. The van der Waals surface area contributed by atoms with E-state index < -0.39 is 5.91 Å². The van der Waals surface area contributed by atoms with E-state index in [1.807, 2.05) is 18.2 Å². The van der Waals surface area contributed by atoms with Crippen LogP contribution >= 0.6 is 0 Å². The number of aromatic nitrogens is 3. The second-order valence-corrected chi connectivity index (χ2v) is 5.32. The average Bonchev–Trinajstić information content (AvgIpc) is 3.31. The SMILES string of the molecule is O=C(NCCc1ccccn1)c1nc(-c2ccc3c(c2)OCO3)no1. The third-order valence-electron chi connectivity index (χ3n) is 3.64. The van der Waals surface area contributed by atoms with E-state index in [0.29, 0.717) is 35.9 Å². The summed E-state index contributed by atoms with van der Waals surface area (Å²) in [5, 5.41) is 6.58. The Labute approximate surface area is 142 Å². The highest BCUT2D eigenvalue weighted by Crippen LogP contribution is 2.35. The Kier molecular flexibility index (Phi) is 3.99. The lowest BCUT2D eigenvalue weighted by Gasteiger charge is -2.01. The van der Waals surface area contributed by atoms with Gasteiger partial charge in [0.2, 0.25) is 12.6 Å². The summed E-state index contributed by atoms with van der Waals surface area (Å²) in [6, 6.07) is 10.9. The van der Waals surface area contributed by atoms with Gasteiger partial charge in [0, 0.05) is 30.4 Å². The number of nitrogens with zero attached hydrogens (tertiary/aromatic N) is 3. The summed E-state index contributed by atoms with van der Waals surface area (Å²) in [7, 11) is 0. The zero-order chi connectivity index (χ0) is 17.1. The fourth-order valence-electron chi connectivity index (χ4n) is 2.39. The number of ether oxygens (including phenoxy) is 2. The predicted octanol–water partition coefficient (Wildman–Crippen LogP) is 1.83. The average molecular weight is 338 g/mol. The minimum Gasteiger partial charge on any atom is -0.454 e. The lowest BCUT2D eigenvalue weighted by atomic mass is 10.2. The molecule has 126 valence electrons. The highest BCUT2D eigenvalue weighted by atomic mass is 16.7. The normalized spacial score (nSPS) is 12.2. The molecule has 1 amide bonds. The van der Waals surface area contributed by atoms with Crippen LogP contribution in [0, 0.1) is 0 Å². The van der Waals surface area contributed by atoms with E-state index in [1.54, 1.807) is 24.4 Å². The Morgan fingerprint density at radius 2 is 2.08 bits per heavy atom. The van der Waals surface area contributed by atoms with Crippen molar-refractivity contribution in [1.29, 1.82) is 0 Å². The van der Waals surface area contributed by atoms with Crippen LogP contribution in [-0.2, 0) is 6.42 Å². The fraction of sp³-hybridized carbons (Fsp3) is 0.176. The molecule has 2 aromatic heterocycles. The zero-order valence-corrected chi connectivity index (χ0v) is 13.1. The van der Waals surface area contributed by atoms with Gasteiger partial charge in [0.05, 0.1) is 0 Å². The van der Waals surface area contributed by atoms with Crippen LogP contribution in [-0.4, -0.2) is 34.4 Å². The molecule has 4 rings (SSSR count). The molecular formula is C17H14N4O4. The molecule has 0 spiro atoms. The molecule has 1 aliphatic heterocycles. The van der Waals surface area contributed by atoms with E-state index in [-0.39, 0.29) is 12.7 Å². The van der Waals surface area contributed by atoms with Crippen LogP contribution < -0.4 is 14.8 Å². The number of hydrogen-bond donors (Lipinski definition) is 1. The van der Waals surface area contributed by atoms with Crippen LogP contribution in [0.3, 0.4) is 0 Å². The van der Waals surface area contributed by atoms with Crippen molar-refractivity contribution in [3.8, 4) is 22.9 Å². The van der Waals surface area contributed by atoms with Crippen molar-refractivity contribution in [2.75, 3.05) is 13.3 Å². The van der Waals surface area contributed by atoms with Gasteiger partial charge in [0.15, 0.2) is 11.5 Å². The molecule has 3 heterocycles. The van der Waals surface area contributed by atoms with Gasteiger partial charge in [-0.15, -0.1) is 0 Å². The summed E-state index contributed by atoms with van der Waals surface area (Å²) in [5.74, 6) is 1.08. The summed E-state index contributed by atoms with van der Waals surface area (Å²) in [6.45, 7) is 0.618. The lowest BCUT2D eigenvalue weighted by molar-refractivity contribution is 0.0910. The van der Waals surface area contributed by atoms with E-state index in [1.165, 1.54) is 0 Å². The maximum atomic E-state index is 12.1. The van der Waals surface area contributed by atoms with Crippen LogP contribution in [0.4, 0.5) is 0 Å². The number of benzene rings is 1. The minimum atomic E-state index is -0.421. The molecule has 0 unspecified atom stereocenters. The number of carbonyl (C=O) groups is 1. The van der Waals surface area contributed by atoms with Gasteiger partial charge in [0.25, 0.3) is 0 Å². The number of carbonyl (C=O) groups excluding carboxylic acids is 1. The van der Waals surface area contributed by atoms with E-state index in [2.05, 4.69) is 20.4 Å². The molecule has 0 saturated carbocycles. The second-order valence-electron chi connectivity index (χ2n) is 5.32. The number of nitrogens with one attached hydrogen (secondary N) is 1. The molecular weight excluding hydrogens is 324 g/mol. The minimum absolute atomic E-state index is 0.0892. The molecule has 0 atom stereocenters. The maximum absolute atomic E-state index is 12.1. The van der Waals surface area contributed by atoms with Crippen molar-refractivity contribution in [3.05, 3.63) is 54.2 Å². The standard InChI is InChI=1S/C17H14N4O4/c22-16(19-8-6-12-3-1-2-7-18-12)17-20-15(21-25-17)11-4-5-13-14(9-11)24-10-23-13/h1-5,7,9H,6,8,10H2,(H,19,22). The largest absolute Gasteiger partial charge is 0.454 e. The van der Waals surface area contributed by atoms with Crippen molar-refractivity contribution < 1.29 is 18.8 Å². The molecule has 1 aromatic carbocycles. The van der Waals surface area contributed by atoms with Crippen molar-refractivity contribution in [2.24, 2.45) is 0 Å². The van der Waals surface area contributed by atoms with E-state index in [0.717, 1.165) is 5.69 Å². The summed E-state index contributed by atoms with van der Waals surface area (Å²) in [5.41, 5.74) is 1.58. The van der Waals surface area contributed by atoms with Gasteiger partial charge >= 0.3 is 11.8 Å². The Balaban J connectivity index is 1.39. The van der Waals surface area contributed by atoms with Crippen LogP contribution in [0.1, 0.15) is 16.4 Å². The number of amides is 1. The molecule has 8 heteroatoms. The first kappa shape index (κ1) is 15.1. The smallest absolute Gasteiger partial charge is 0.316 e. The highest BCUT2D eigenvalue weighted by Gasteiger charge is 2.19. The van der Waals surface area contributed by atoms with Crippen LogP contribution in [0.25, 0.3) is 11.4 Å². The Morgan fingerprint density at radius 3 is 2.96 bits per heavy atom. The maximum Gasteiger partial charge on any atom is 0.316 e. The number of rotatable bonds is 5. The molecule has 1 aliphatic rings. The molecule has 3 aromatic rings. The van der Waals surface area contributed by atoms with Gasteiger partial charge in [-0.05, 0) is 30.3 Å². The summed E-state index contributed by atoms with van der Waals surface area (Å²) >= 11 is 0. The van der Waals surface area contributed by atoms with E-state index in [4.69, 9.17) is 14.0 Å². The van der Waals surface area contributed by atoms with Crippen LogP contribution in [0.5, 0.6) is 11.5 Å². The lowest BCUT2D eigenvalue weighted by Crippen LogP contribution is -2.26. The van der Waals surface area contributed by atoms with Crippen molar-refractivity contribution in [3.63, 3.8) is 0 Å². The van der Waals surface area contributed by atoms with Gasteiger partial charge in [-0.2, -0.15) is 4.98 Å². The van der Waals surface area contributed by atoms with E-state index >= 15 is 0 Å². The topological polar surface area (TPSA) is 99.4 Å². The fourth-order valence-corrected chi connectivity index (χ4v) is 2.39. The molecule has 0 fully saturated rings. The van der Waals surface area contributed by atoms with Crippen molar-refractivity contribution in [1.82, 2.24) is 20.4 Å². The number of fused-ring (bicyclic) bond motifs is 1. The molecule has 0 radical (unpaired) electrons. The molecule has 1 N–H and O–H groups in total. The van der Waals surface area contributed by atoms with Gasteiger partial charge in [0.1, 0.15) is 0 Å². The third-order valence-corrected chi connectivity index (χ3v) is 3.64. The van der Waals surface area contributed by atoms with E-state index in [9.17, 15) is 4.79 Å². The molecule has 0 aliphatic carbocycles. The third kappa shape index (κ3) is 3.27. The Morgan fingerprint density at radius 1 is 1.16 bits per heavy atom. The predicted molar refractivity (Wildman–Crippen MR) is 86.1 cm³/mol. The first-order valence-electron chi connectivity index (χ1n) is 7.71. The van der Waals surface area contributed by atoms with Gasteiger partial charge in [-0.25, -0.2) is 0 Å². The van der Waals surface area contributed by atoms with Crippen LogP contribution in [0.2, 0.25) is 0 Å². The highest BCUT2D eigenvalue weighted by molar-refractivity contribution is 5.89. The molecule has 0 saturated heterocycles. The summed E-state index contributed by atoms with van der Waals surface area (Å²) in [4.78, 5) is 20.4.